The Morgan fingerprint density at radius 3 is 2.86 bits per heavy atom. The zero-order chi connectivity index (χ0) is 19.5. The molecule has 28 heavy (non-hydrogen) atoms. The predicted molar refractivity (Wildman–Crippen MR) is 127 cm³/mol. The van der Waals surface area contributed by atoms with Gasteiger partial charge in [-0.15, -0.1) is 30.6 Å². The van der Waals surface area contributed by atoms with Gasteiger partial charge in [-0.1, -0.05) is 12.5 Å². The van der Waals surface area contributed by atoms with Crippen molar-refractivity contribution >= 4 is 29.9 Å². The number of guanidine groups is 1. The first-order valence-electron chi connectivity index (χ1n) is 10.4. The molecule has 0 aliphatic carbocycles. The number of fused-ring (bicyclic) bond motifs is 1. The molecule has 0 atom stereocenters. The minimum Gasteiger partial charge on any atom is -0.357 e. The summed E-state index contributed by atoms with van der Waals surface area (Å²) in [5.74, 6) is 1.89. The number of aromatic nitrogens is 3. The molecule has 8 heteroatoms. The second-order valence-corrected chi connectivity index (χ2v) is 7.18. The molecule has 0 amide bonds. The van der Waals surface area contributed by atoms with Crippen molar-refractivity contribution in [3.8, 4) is 0 Å². The molecule has 0 unspecified atom stereocenters. The van der Waals surface area contributed by atoms with Crippen molar-refractivity contribution < 1.29 is 0 Å². The van der Waals surface area contributed by atoms with Gasteiger partial charge in [0.05, 0.1) is 0 Å². The van der Waals surface area contributed by atoms with Crippen LogP contribution in [-0.2, 0) is 19.5 Å². The van der Waals surface area contributed by atoms with Gasteiger partial charge in [-0.05, 0) is 45.4 Å². The van der Waals surface area contributed by atoms with Gasteiger partial charge >= 0.3 is 5.69 Å². The normalized spacial score (nSPS) is 13.6. The summed E-state index contributed by atoms with van der Waals surface area (Å²) in [5, 5.41) is 7.84. The molecule has 1 aliphatic rings. The second kappa shape index (κ2) is 13.8. The molecule has 0 saturated heterocycles. The molecule has 1 aliphatic heterocycles. The van der Waals surface area contributed by atoms with Crippen LogP contribution in [0, 0.1) is 0 Å². The Bertz CT molecular complexity index is 666. The van der Waals surface area contributed by atoms with Gasteiger partial charge in [0.25, 0.3) is 0 Å². The number of allylic oxidation sites excluding steroid dienone is 1. The molecule has 0 bridgehead atoms. The van der Waals surface area contributed by atoms with Crippen LogP contribution in [0.2, 0.25) is 0 Å². The molecule has 0 saturated carbocycles. The number of hydrogen-bond acceptors (Lipinski definition) is 3. The molecule has 0 aromatic carbocycles. The number of halogens is 1. The number of aryl methyl sites for hydroxylation is 2. The van der Waals surface area contributed by atoms with Gasteiger partial charge in [0.2, 0.25) is 0 Å². The number of unbranched alkanes of at least 4 members (excludes halogenated alkanes) is 3. The molecular weight excluding hydrogens is 467 g/mol. The lowest BCUT2D eigenvalue weighted by atomic mass is 10.2. The van der Waals surface area contributed by atoms with Crippen LogP contribution in [0.4, 0.5) is 0 Å². The summed E-state index contributed by atoms with van der Waals surface area (Å²) >= 11 is 0. The Morgan fingerprint density at radius 2 is 2.14 bits per heavy atom. The van der Waals surface area contributed by atoms with Crippen LogP contribution in [0.1, 0.15) is 57.7 Å². The Kier molecular flexibility index (Phi) is 12.2. The maximum atomic E-state index is 12.3. The summed E-state index contributed by atoms with van der Waals surface area (Å²) in [6.45, 7) is 9.84. The Hall–Kier alpha value is -1.32. The van der Waals surface area contributed by atoms with E-state index >= 15 is 0 Å². The van der Waals surface area contributed by atoms with Crippen molar-refractivity contribution in [1.29, 1.82) is 0 Å². The molecule has 0 spiro atoms. The fourth-order valence-electron chi connectivity index (χ4n) is 3.39. The van der Waals surface area contributed by atoms with Crippen LogP contribution in [0.15, 0.2) is 22.4 Å². The number of nitrogens with one attached hydrogen (secondary N) is 1. The Morgan fingerprint density at radius 1 is 1.32 bits per heavy atom. The monoisotopic (exact) mass is 504 g/mol. The van der Waals surface area contributed by atoms with Gasteiger partial charge in [-0.3, -0.25) is 9.56 Å². The van der Waals surface area contributed by atoms with E-state index in [4.69, 9.17) is 4.99 Å². The first-order chi connectivity index (χ1) is 13.2. The second-order valence-electron chi connectivity index (χ2n) is 7.18. The molecule has 2 rings (SSSR count). The number of aliphatic imine (C=N–C) groups is 1. The van der Waals surface area contributed by atoms with Crippen molar-refractivity contribution in [2.24, 2.45) is 4.99 Å². The third kappa shape index (κ3) is 7.60. The third-order valence-corrected chi connectivity index (χ3v) is 4.92. The average molecular weight is 504 g/mol. The predicted octanol–water partition coefficient (Wildman–Crippen LogP) is 3.03. The maximum Gasteiger partial charge on any atom is 0.345 e. The van der Waals surface area contributed by atoms with E-state index in [0.717, 1.165) is 69.9 Å². The number of nitrogens with zero attached hydrogens (tertiary/aromatic N) is 5. The van der Waals surface area contributed by atoms with E-state index in [1.165, 1.54) is 12.8 Å². The average Bonchev–Trinajstić information content (AvgIpc) is 3.00. The lowest BCUT2D eigenvalue weighted by Gasteiger charge is -2.22. The summed E-state index contributed by atoms with van der Waals surface area (Å²) in [6.07, 6.45) is 10.6. The molecule has 2 heterocycles. The summed E-state index contributed by atoms with van der Waals surface area (Å²) in [4.78, 5) is 19.3. The highest BCUT2D eigenvalue weighted by Crippen LogP contribution is 2.09. The number of rotatable bonds is 11. The fraction of sp³-hybridized carbons (Fsp3) is 0.750. The topological polar surface area (TPSA) is 67.5 Å². The van der Waals surface area contributed by atoms with Gasteiger partial charge in [0.15, 0.2) is 5.96 Å². The minimum absolute atomic E-state index is 0. The van der Waals surface area contributed by atoms with E-state index in [0.29, 0.717) is 13.1 Å². The molecule has 1 aromatic heterocycles. The molecule has 7 nitrogen and oxygen atoms in total. The molecule has 0 fully saturated rings. The van der Waals surface area contributed by atoms with E-state index in [-0.39, 0.29) is 29.7 Å². The van der Waals surface area contributed by atoms with E-state index < -0.39 is 0 Å². The van der Waals surface area contributed by atoms with Gasteiger partial charge in [-0.25, -0.2) is 9.48 Å². The van der Waals surface area contributed by atoms with Crippen LogP contribution >= 0.6 is 24.0 Å². The van der Waals surface area contributed by atoms with Gasteiger partial charge in [-0.2, -0.15) is 5.10 Å². The van der Waals surface area contributed by atoms with Crippen molar-refractivity contribution in [1.82, 2.24) is 24.6 Å². The van der Waals surface area contributed by atoms with Gasteiger partial charge in [0, 0.05) is 46.2 Å². The third-order valence-electron chi connectivity index (χ3n) is 4.92. The maximum absolute atomic E-state index is 12.3. The quantitative estimate of drug-likeness (QED) is 0.166. The molecule has 0 radical (unpaired) electrons. The zero-order valence-corrected chi connectivity index (χ0v) is 19.9. The highest BCUT2D eigenvalue weighted by Gasteiger charge is 2.16. The van der Waals surface area contributed by atoms with Crippen LogP contribution in [0.3, 0.4) is 0 Å². The van der Waals surface area contributed by atoms with Crippen molar-refractivity contribution in [3.63, 3.8) is 0 Å². The van der Waals surface area contributed by atoms with Crippen molar-refractivity contribution in [2.45, 2.75) is 71.4 Å². The van der Waals surface area contributed by atoms with Crippen LogP contribution in [-0.4, -0.2) is 51.9 Å². The Balaban J connectivity index is 0.00000392. The largest absolute Gasteiger partial charge is 0.357 e. The lowest BCUT2D eigenvalue weighted by Crippen LogP contribution is -2.39. The molecular formula is C20H37IN6O. The summed E-state index contributed by atoms with van der Waals surface area (Å²) in [6, 6.07) is 0. The smallest absolute Gasteiger partial charge is 0.345 e. The molecule has 160 valence electrons. The van der Waals surface area contributed by atoms with E-state index in [1.807, 2.05) is 10.6 Å². The minimum atomic E-state index is 0. The summed E-state index contributed by atoms with van der Waals surface area (Å²) in [5.41, 5.74) is 0.0391. The standard InChI is InChI=1S/C20H36N6O.HI/c1-4-6-7-8-10-15-24(3)19(21-5-2)22-14-12-17-26-20(27)25-16-11-9-13-18(25)23-26;/h4H,1,5-17H2,2-3H3,(H,21,22);1H. The molecule has 1 N–H and O–H groups in total. The zero-order valence-electron chi connectivity index (χ0n) is 17.5. The van der Waals surface area contributed by atoms with Crippen molar-refractivity contribution in [2.75, 3.05) is 26.7 Å². The first kappa shape index (κ1) is 24.7. The van der Waals surface area contributed by atoms with E-state index in [2.05, 4.69) is 35.9 Å². The summed E-state index contributed by atoms with van der Waals surface area (Å²) < 4.78 is 3.45. The summed E-state index contributed by atoms with van der Waals surface area (Å²) in [7, 11) is 2.09. The lowest BCUT2D eigenvalue weighted by molar-refractivity contribution is 0.454. The van der Waals surface area contributed by atoms with Gasteiger partial charge < -0.3 is 10.2 Å². The fourth-order valence-corrected chi connectivity index (χ4v) is 3.39. The SMILES string of the molecule is C=CCCCCCN(C)C(=NCCCn1nc2n(c1=O)CCCC2)NCC.I. The highest BCUT2D eigenvalue weighted by atomic mass is 127. The number of hydrogen-bond donors (Lipinski definition) is 1. The van der Waals surface area contributed by atoms with Crippen LogP contribution in [0.25, 0.3) is 0 Å². The first-order valence-corrected chi connectivity index (χ1v) is 10.4. The van der Waals surface area contributed by atoms with E-state index in [1.54, 1.807) is 4.68 Å². The molecule has 1 aromatic rings. The van der Waals surface area contributed by atoms with Crippen molar-refractivity contribution in [3.05, 3.63) is 29.0 Å². The highest BCUT2D eigenvalue weighted by molar-refractivity contribution is 14.0. The van der Waals surface area contributed by atoms with E-state index in [9.17, 15) is 4.79 Å². The van der Waals surface area contributed by atoms with Gasteiger partial charge in [0.1, 0.15) is 5.82 Å². The van der Waals surface area contributed by atoms with Crippen LogP contribution in [0.5, 0.6) is 0 Å². The Labute approximate surface area is 186 Å². The van der Waals surface area contributed by atoms with Crippen LogP contribution < -0.4 is 11.0 Å².